The Kier molecular flexibility index (Phi) is 7.38. The zero-order chi connectivity index (χ0) is 22.7. The summed E-state index contributed by atoms with van der Waals surface area (Å²) in [7, 11) is 1.55. The molecule has 2 N–H and O–H groups in total. The number of methoxy groups -OCH3 is 1. The summed E-state index contributed by atoms with van der Waals surface area (Å²) < 4.78 is 5.37. The van der Waals surface area contributed by atoms with Gasteiger partial charge in [-0.15, -0.1) is 11.3 Å². The van der Waals surface area contributed by atoms with Crippen LogP contribution in [0.4, 0.5) is 10.7 Å². The molecule has 0 bridgehead atoms. The predicted octanol–water partition coefficient (Wildman–Crippen LogP) is 5.35. The van der Waals surface area contributed by atoms with Gasteiger partial charge < -0.3 is 15.4 Å². The van der Waals surface area contributed by atoms with Crippen molar-refractivity contribution in [1.82, 2.24) is 4.90 Å². The van der Waals surface area contributed by atoms with Crippen molar-refractivity contribution in [2.75, 3.05) is 30.8 Å². The number of rotatable bonds is 6. The number of carbonyl (C=O) groups excluding carboxylic acids is 2. The van der Waals surface area contributed by atoms with Gasteiger partial charge in [0.05, 0.1) is 24.9 Å². The molecule has 2 aromatic rings. The molecule has 1 saturated heterocycles. The van der Waals surface area contributed by atoms with Gasteiger partial charge in [-0.3, -0.25) is 14.5 Å². The number of carbonyl (C=O) groups is 2. The summed E-state index contributed by atoms with van der Waals surface area (Å²) in [5.41, 5.74) is 2.15. The van der Waals surface area contributed by atoms with Crippen molar-refractivity contribution < 1.29 is 14.3 Å². The van der Waals surface area contributed by atoms with Crippen molar-refractivity contribution in [2.24, 2.45) is 0 Å². The largest absolute Gasteiger partial charge is 0.495 e. The number of nitrogens with zero attached hydrogens (tertiary/aromatic N) is 1. The van der Waals surface area contributed by atoms with Gasteiger partial charge in [0.25, 0.3) is 5.91 Å². The number of likely N-dealkylation sites (tertiary alicyclic amines) is 1. The fourth-order valence-electron chi connectivity index (χ4n) is 4.60. The fraction of sp³-hybridized carbons (Fsp3) is 0.500. The molecule has 1 aromatic heterocycles. The molecular formula is C24H30ClN3O3S. The van der Waals surface area contributed by atoms with Gasteiger partial charge in [-0.2, -0.15) is 0 Å². The molecule has 1 aliphatic heterocycles. The van der Waals surface area contributed by atoms with E-state index in [1.165, 1.54) is 22.6 Å². The van der Waals surface area contributed by atoms with Gasteiger partial charge in [0.2, 0.25) is 5.91 Å². The van der Waals surface area contributed by atoms with Crippen molar-refractivity contribution >= 4 is 45.4 Å². The maximum Gasteiger partial charge on any atom is 0.259 e. The summed E-state index contributed by atoms with van der Waals surface area (Å²) in [6.07, 6.45) is 7.41. The Labute approximate surface area is 198 Å². The molecule has 0 spiro atoms. The molecule has 6 nitrogen and oxygen atoms in total. The maximum atomic E-state index is 13.4. The third-order valence-corrected chi connectivity index (χ3v) is 7.79. The number of amides is 2. The summed E-state index contributed by atoms with van der Waals surface area (Å²) >= 11 is 7.67. The van der Waals surface area contributed by atoms with Crippen LogP contribution >= 0.6 is 22.9 Å². The quantitative estimate of drug-likeness (QED) is 0.590. The molecule has 2 amide bonds. The molecule has 1 atom stereocenters. The van der Waals surface area contributed by atoms with E-state index in [0.29, 0.717) is 39.6 Å². The standard InChI is InChI=1S/C24H30ClN3O3S/c1-15-7-5-6-12-28(15)14-21(29)27-24-22(17-8-3-4-9-20(17)32-24)23(30)26-18-13-16(25)10-11-19(18)31-2/h10-11,13,15H,3-9,12,14H2,1-2H3,(H,26,30)(H,27,29). The maximum absolute atomic E-state index is 13.4. The smallest absolute Gasteiger partial charge is 0.259 e. The van der Waals surface area contributed by atoms with E-state index < -0.39 is 0 Å². The van der Waals surface area contributed by atoms with E-state index in [1.54, 1.807) is 25.3 Å². The van der Waals surface area contributed by atoms with E-state index in [-0.39, 0.29) is 11.8 Å². The lowest BCUT2D eigenvalue weighted by Gasteiger charge is -2.32. The number of piperidine rings is 1. The molecular weight excluding hydrogens is 446 g/mol. The molecule has 1 fully saturated rings. The second-order valence-corrected chi connectivity index (χ2v) is 10.1. The zero-order valence-corrected chi connectivity index (χ0v) is 20.2. The Bertz CT molecular complexity index is 1010. The van der Waals surface area contributed by atoms with Crippen molar-refractivity contribution in [1.29, 1.82) is 0 Å². The summed E-state index contributed by atoms with van der Waals surface area (Å²) in [4.78, 5) is 29.7. The number of ether oxygens (including phenoxy) is 1. The van der Waals surface area contributed by atoms with Gasteiger partial charge in [0, 0.05) is 15.9 Å². The van der Waals surface area contributed by atoms with Crippen molar-refractivity contribution in [2.45, 2.75) is 57.9 Å². The number of aryl methyl sites for hydroxylation is 1. The zero-order valence-electron chi connectivity index (χ0n) is 18.6. The van der Waals surface area contributed by atoms with Crippen molar-refractivity contribution in [3.05, 3.63) is 39.2 Å². The number of nitrogens with one attached hydrogen (secondary N) is 2. The minimum Gasteiger partial charge on any atom is -0.495 e. The lowest BCUT2D eigenvalue weighted by atomic mass is 9.95. The third-order valence-electron chi connectivity index (χ3n) is 6.35. The molecule has 2 aliphatic rings. The SMILES string of the molecule is COc1ccc(Cl)cc1NC(=O)c1c(NC(=O)CN2CCCCC2C)sc2c1CCCC2. The number of benzene rings is 1. The van der Waals surface area contributed by atoms with Gasteiger partial charge in [0.15, 0.2) is 0 Å². The van der Waals surface area contributed by atoms with E-state index >= 15 is 0 Å². The number of hydrogen-bond donors (Lipinski definition) is 2. The van der Waals surface area contributed by atoms with Crippen LogP contribution in [0.25, 0.3) is 0 Å². The lowest BCUT2D eigenvalue weighted by molar-refractivity contribution is -0.118. The van der Waals surface area contributed by atoms with Gasteiger partial charge in [-0.1, -0.05) is 18.0 Å². The first-order valence-corrected chi connectivity index (χ1v) is 12.5. The van der Waals surface area contributed by atoms with E-state index in [2.05, 4.69) is 22.5 Å². The number of hydrogen-bond acceptors (Lipinski definition) is 5. The van der Waals surface area contributed by atoms with Crippen molar-refractivity contribution in [3.63, 3.8) is 0 Å². The highest BCUT2D eigenvalue weighted by Gasteiger charge is 2.28. The molecule has 2 heterocycles. The monoisotopic (exact) mass is 475 g/mol. The predicted molar refractivity (Wildman–Crippen MR) is 130 cm³/mol. The van der Waals surface area contributed by atoms with Crippen LogP contribution in [0.15, 0.2) is 18.2 Å². The first-order chi connectivity index (χ1) is 15.5. The summed E-state index contributed by atoms with van der Waals surface area (Å²) in [6, 6.07) is 5.52. The van der Waals surface area contributed by atoms with Crippen LogP contribution in [0.5, 0.6) is 5.75 Å². The van der Waals surface area contributed by atoms with Crippen LogP contribution in [0.2, 0.25) is 5.02 Å². The minimum atomic E-state index is -0.244. The van der Waals surface area contributed by atoms with E-state index in [9.17, 15) is 9.59 Å². The Morgan fingerprint density at radius 3 is 2.78 bits per heavy atom. The average Bonchev–Trinajstić information content (AvgIpc) is 3.13. The first kappa shape index (κ1) is 23.1. The van der Waals surface area contributed by atoms with Crippen LogP contribution in [-0.4, -0.2) is 43.0 Å². The Morgan fingerprint density at radius 1 is 1.19 bits per heavy atom. The van der Waals surface area contributed by atoms with Crippen LogP contribution in [-0.2, 0) is 17.6 Å². The second kappa shape index (κ2) is 10.2. The van der Waals surface area contributed by atoms with Crippen LogP contribution in [0.3, 0.4) is 0 Å². The molecule has 8 heteroatoms. The van der Waals surface area contributed by atoms with Gasteiger partial charge in [-0.05, 0) is 75.8 Å². The summed E-state index contributed by atoms with van der Waals surface area (Å²) in [6.45, 7) is 3.47. The molecule has 0 radical (unpaired) electrons. The highest BCUT2D eigenvalue weighted by Crippen LogP contribution is 2.39. The van der Waals surface area contributed by atoms with Gasteiger partial charge >= 0.3 is 0 Å². The highest BCUT2D eigenvalue weighted by atomic mass is 35.5. The molecule has 1 aliphatic carbocycles. The average molecular weight is 476 g/mol. The van der Waals surface area contributed by atoms with Crippen molar-refractivity contribution in [3.8, 4) is 5.75 Å². The number of thiophene rings is 1. The Morgan fingerprint density at radius 2 is 2.00 bits per heavy atom. The van der Waals surface area contributed by atoms with E-state index in [1.807, 2.05) is 0 Å². The van der Waals surface area contributed by atoms with Crippen LogP contribution in [0, 0.1) is 0 Å². The molecule has 4 rings (SSSR count). The minimum absolute atomic E-state index is 0.0632. The number of halogens is 1. The number of anilines is 2. The molecule has 172 valence electrons. The molecule has 32 heavy (non-hydrogen) atoms. The van der Waals surface area contributed by atoms with Crippen LogP contribution < -0.4 is 15.4 Å². The van der Waals surface area contributed by atoms with Gasteiger partial charge in [-0.25, -0.2) is 0 Å². The number of fused-ring (bicyclic) bond motifs is 1. The molecule has 1 unspecified atom stereocenters. The molecule has 0 saturated carbocycles. The normalized spacial score (nSPS) is 18.7. The third kappa shape index (κ3) is 5.11. The van der Waals surface area contributed by atoms with Crippen LogP contribution in [0.1, 0.15) is 59.8 Å². The summed E-state index contributed by atoms with van der Waals surface area (Å²) in [5.74, 6) is 0.231. The summed E-state index contributed by atoms with van der Waals surface area (Å²) in [5, 5.41) is 7.17. The molecule has 1 aromatic carbocycles. The lowest BCUT2D eigenvalue weighted by Crippen LogP contribution is -2.42. The fourth-order valence-corrected chi connectivity index (χ4v) is 6.08. The second-order valence-electron chi connectivity index (χ2n) is 8.58. The highest BCUT2D eigenvalue weighted by molar-refractivity contribution is 7.17. The van der Waals surface area contributed by atoms with E-state index in [4.69, 9.17) is 16.3 Å². The Hall–Kier alpha value is -2.09. The topological polar surface area (TPSA) is 70.7 Å². The van der Waals surface area contributed by atoms with E-state index in [0.717, 1.165) is 50.6 Å². The van der Waals surface area contributed by atoms with Gasteiger partial charge in [0.1, 0.15) is 10.8 Å². The first-order valence-electron chi connectivity index (χ1n) is 11.3. The Balaban J connectivity index is 1.57.